The number of nitrogens with zero attached hydrogens (tertiary/aromatic N) is 1. The van der Waals surface area contributed by atoms with Crippen LogP contribution in [-0.2, 0) is 0 Å². The quantitative estimate of drug-likeness (QED) is 0.393. The van der Waals surface area contributed by atoms with Gasteiger partial charge >= 0.3 is 0 Å². The fraction of sp³-hybridized carbons (Fsp3) is 0.320. The summed E-state index contributed by atoms with van der Waals surface area (Å²) in [5, 5.41) is 21.5. The average Bonchev–Trinajstić information content (AvgIpc) is 2.82. The molecule has 2 aromatic carbocycles. The predicted molar refractivity (Wildman–Crippen MR) is 122 cm³/mol. The molecule has 0 spiro atoms. The Morgan fingerprint density at radius 3 is 2.62 bits per heavy atom. The van der Waals surface area contributed by atoms with Gasteiger partial charge in [0.1, 0.15) is 23.0 Å². The number of rotatable bonds is 7. The van der Waals surface area contributed by atoms with Crippen LogP contribution >= 0.6 is 0 Å². The van der Waals surface area contributed by atoms with E-state index in [1.165, 1.54) is 61.9 Å². The smallest absolute Gasteiger partial charge is 0.269 e. The molecule has 0 aliphatic heterocycles. The standard InChI is InChI=1S/C25H25NO6/c27-21(18-9-12-20(13-10-18)26(29)30)14-11-19-16-32-23-8-4-7-22(24(23)25(19)28)31-15-17-5-2-1-3-6-17/h4,7-14,16-17,21,27H,1-3,5-6,15H2/b14-11+. The van der Waals surface area contributed by atoms with E-state index in [1.807, 2.05) is 0 Å². The molecule has 0 radical (unpaired) electrons. The molecule has 1 atom stereocenters. The lowest BCUT2D eigenvalue weighted by Gasteiger charge is -2.21. The Morgan fingerprint density at radius 2 is 1.91 bits per heavy atom. The van der Waals surface area contributed by atoms with Crippen molar-refractivity contribution < 1.29 is 19.2 Å². The van der Waals surface area contributed by atoms with Crippen molar-refractivity contribution in [2.24, 2.45) is 5.92 Å². The van der Waals surface area contributed by atoms with Crippen LogP contribution in [0.3, 0.4) is 0 Å². The molecular formula is C25H25NO6. The van der Waals surface area contributed by atoms with Crippen LogP contribution in [0.5, 0.6) is 5.75 Å². The molecule has 1 aliphatic carbocycles. The van der Waals surface area contributed by atoms with Gasteiger partial charge in [0.2, 0.25) is 5.43 Å². The van der Waals surface area contributed by atoms with Gasteiger partial charge in [-0.1, -0.05) is 31.4 Å². The summed E-state index contributed by atoms with van der Waals surface area (Å²) < 4.78 is 11.7. The first kappa shape index (κ1) is 21.8. The first-order chi connectivity index (χ1) is 15.5. The lowest BCUT2D eigenvalue weighted by Crippen LogP contribution is -2.16. The average molecular weight is 435 g/mol. The number of ether oxygens (including phenoxy) is 1. The third-order valence-corrected chi connectivity index (χ3v) is 5.89. The van der Waals surface area contributed by atoms with Gasteiger partial charge in [-0.3, -0.25) is 14.9 Å². The van der Waals surface area contributed by atoms with Gasteiger partial charge in [-0.2, -0.15) is 0 Å². The fourth-order valence-electron chi connectivity index (χ4n) is 4.05. The predicted octanol–water partition coefficient (Wildman–Crippen LogP) is 5.41. The molecule has 0 amide bonds. The van der Waals surface area contributed by atoms with E-state index in [0.29, 0.717) is 34.8 Å². The summed E-state index contributed by atoms with van der Waals surface area (Å²) in [4.78, 5) is 23.4. The molecule has 7 heteroatoms. The van der Waals surface area contributed by atoms with Crippen LogP contribution in [0, 0.1) is 16.0 Å². The molecular weight excluding hydrogens is 410 g/mol. The normalized spacial score (nSPS) is 15.8. The summed E-state index contributed by atoms with van der Waals surface area (Å²) in [5.41, 5.74) is 0.920. The summed E-state index contributed by atoms with van der Waals surface area (Å²) >= 11 is 0. The van der Waals surface area contributed by atoms with Gasteiger partial charge in [-0.25, -0.2) is 0 Å². The zero-order valence-electron chi connectivity index (χ0n) is 17.6. The molecule has 1 aromatic heterocycles. The number of hydrogen-bond acceptors (Lipinski definition) is 6. The Balaban J connectivity index is 1.55. The van der Waals surface area contributed by atoms with Crippen molar-refractivity contribution in [3.05, 3.63) is 86.3 Å². The molecule has 1 fully saturated rings. The Labute approximate surface area is 185 Å². The van der Waals surface area contributed by atoms with Crippen LogP contribution in [0.2, 0.25) is 0 Å². The highest BCUT2D eigenvalue weighted by Crippen LogP contribution is 2.28. The topological polar surface area (TPSA) is 103 Å². The van der Waals surface area contributed by atoms with Gasteiger partial charge in [0, 0.05) is 12.1 Å². The van der Waals surface area contributed by atoms with Gasteiger partial charge in [-0.15, -0.1) is 0 Å². The summed E-state index contributed by atoms with van der Waals surface area (Å²) in [6, 6.07) is 10.9. The molecule has 3 aromatic rings. The van der Waals surface area contributed by atoms with Crippen LogP contribution in [0.25, 0.3) is 17.0 Å². The molecule has 7 nitrogen and oxygen atoms in total. The molecule has 0 bridgehead atoms. The highest BCUT2D eigenvalue weighted by Gasteiger charge is 2.16. The third kappa shape index (κ3) is 4.89. The van der Waals surface area contributed by atoms with Crippen molar-refractivity contribution in [1.82, 2.24) is 0 Å². The van der Waals surface area contributed by atoms with Crippen molar-refractivity contribution in [2.45, 2.75) is 38.2 Å². The Hall–Kier alpha value is -3.45. The van der Waals surface area contributed by atoms with Crippen LogP contribution in [0.4, 0.5) is 5.69 Å². The van der Waals surface area contributed by atoms with Gasteiger partial charge in [0.25, 0.3) is 5.69 Å². The van der Waals surface area contributed by atoms with Crippen molar-refractivity contribution in [3.8, 4) is 5.75 Å². The third-order valence-electron chi connectivity index (χ3n) is 5.89. The minimum atomic E-state index is -1.02. The van der Waals surface area contributed by atoms with Gasteiger partial charge in [0.05, 0.1) is 23.2 Å². The Morgan fingerprint density at radius 1 is 1.16 bits per heavy atom. The molecule has 1 unspecified atom stereocenters. The zero-order chi connectivity index (χ0) is 22.5. The fourth-order valence-corrected chi connectivity index (χ4v) is 4.05. The highest BCUT2D eigenvalue weighted by molar-refractivity contribution is 5.85. The van der Waals surface area contributed by atoms with E-state index in [-0.39, 0.29) is 16.7 Å². The minimum Gasteiger partial charge on any atom is -0.492 e. The Bertz CT molecular complexity index is 1180. The maximum atomic E-state index is 13.1. The summed E-state index contributed by atoms with van der Waals surface area (Å²) in [6.45, 7) is 0.581. The first-order valence-electron chi connectivity index (χ1n) is 10.8. The van der Waals surface area contributed by atoms with Crippen molar-refractivity contribution in [1.29, 1.82) is 0 Å². The van der Waals surface area contributed by atoms with Crippen molar-refractivity contribution in [3.63, 3.8) is 0 Å². The number of non-ortho nitro benzene ring substituents is 1. The maximum Gasteiger partial charge on any atom is 0.269 e. The molecule has 4 rings (SSSR count). The van der Waals surface area contributed by atoms with E-state index in [0.717, 1.165) is 12.8 Å². The molecule has 1 N–H and O–H groups in total. The van der Waals surface area contributed by atoms with Crippen LogP contribution in [0.15, 0.2) is 64.0 Å². The molecule has 1 aliphatic rings. The lowest BCUT2D eigenvalue weighted by molar-refractivity contribution is -0.384. The second-order valence-corrected chi connectivity index (χ2v) is 8.12. The number of aliphatic hydroxyl groups excluding tert-OH is 1. The van der Waals surface area contributed by atoms with Crippen molar-refractivity contribution in [2.75, 3.05) is 6.61 Å². The molecule has 1 heterocycles. The number of benzene rings is 2. The monoisotopic (exact) mass is 435 g/mol. The summed E-state index contributed by atoms with van der Waals surface area (Å²) in [7, 11) is 0. The molecule has 0 saturated heterocycles. The van der Waals surface area contributed by atoms with Gasteiger partial charge in [-0.05, 0) is 54.7 Å². The molecule has 1 saturated carbocycles. The van der Waals surface area contributed by atoms with E-state index < -0.39 is 11.0 Å². The number of aliphatic hydroxyl groups is 1. The number of fused-ring (bicyclic) bond motifs is 1. The highest BCUT2D eigenvalue weighted by atomic mass is 16.6. The number of hydrogen-bond donors (Lipinski definition) is 1. The van der Waals surface area contributed by atoms with E-state index in [4.69, 9.17) is 9.15 Å². The minimum absolute atomic E-state index is 0.0548. The molecule has 166 valence electrons. The van der Waals surface area contributed by atoms with Crippen molar-refractivity contribution >= 4 is 22.7 Å². The second kappa shape index (κ2) is 9.78. The largest absolute Gasteiger partial charge is 0.492 e. The summed E-state index contributed by atoms with van der Waals surface area (Å²) in [5.74, 6) is 1.01. The number of nitro groups is 1. The van der Waals surface area contributed by atoms with E-state index in [2.05, 4.69) is 0 Å². The zero-order valence-corrected chi connectivity index (χ0v) is 17.6. The SMILES string of the molecule is O=c1c(/C=C/C(O)c2ccc([N+](=O)[O-])cc2)coc2cccc(OCC3CCCCC3)c12. The van der Waals surface area contributed by atoms with Crippen LogP contribution in [-0.4, -0.2) is 16.6 Å². The van der Waals surface area contributed by atoms with Gasteiger partial charge in [0.15, 0.2) is 0 Å². The molecule has 32 heavy (non-hydrogen) atoms. The van der Waals surface area contributed by atoms with E-state index in [9.17, 15) is 20.0 Å². The van der Waals surface area contributed by atoms with E-state index in [1.54, 1.807) is 18.2 Å². The number of nitro benzene ring substituents is 1. The second-order valence-electron chi connectivity index (χ2n) is 8.12. The first-order valence-corrected chi connectivity index (χ1v) is 10.8. The van der Waals surface area contributed by atoms with Crippen LogP contribution in [0.1, 0.15) is 49.3 Å². The lowest BCUT2D eigenvalue weighted by atomic mass is 9.90. The Kier molecular flexibility index (Phi) is 6.66. The maximum absolute atomic E-state index is 13.1. The van der Waals surface area contributed by atoms with E-state index >= 15 is 0 Å². The summed E-state index contributed by atoms with van der Waals surface area (Å²) in [6.07, 6.45) is 9.28. The van der Waals surface area contributed by atoms with Crippen LogP contribution < -0.4 is 10.2 Å². The van der Waals surface area contributed by atoms with Gasteiger partial charge < -0.3 is 14.3 Å².